The van der Waals surface area contributed by atoms with E-state index >= 15 is 0 Å². The van der Waals surface area contributed by atoms with Crippen LogP contribution in [0.1, 0.15) is 19.4 Å². The molecule has 1 aromatic carbocycles. The van der Waals surface area contributed by atoms with Gasteiger partial charge in [0.25, 0.3) is 0 Å². The van der Waals surface area contributed by atoms with Gasteiger partial charge in [-0.25, -0.2) is 4.79 Å². The summed E-state index contributed by atoms with van der Waals surface area (Å²) in [7, 11) is 0. The molecule has 0 spiro atoms. The van der Waals surface area contributed by atoms with Crippen molar-refractivity contribution in [1.82, 2.24) is 0 Å². The molecule has 18 heavy (non-hydrogen) atoms. The van der Waals surface area contributed by atoms with Crippen LogP contribution in [0.5, 0.6) is 5.75 Å². The number of carboxylic acid groups (broad SMARTS) is 1. The van der Waals surface area contributed by atoms with E-state index in [0.29, 0.717) is 6.07 Å². The molecule has 3 nitrogen and oxygen atoms in total. The maximum atomic E-state index is 12.7. The highest BCUT2D eigenvalue weighted by Crippen LogP contribution is 2.39. The third-order valence-corrected chi connectivity index (χ3v) is 2.36. The third kappa shape index (κ3) is 3.29. The van der Waals surface area contributed by atoms with Crippen molar-refractivity contribution < 1.29 is 27.8 Å². The number of benzene rings is 1. The van der Waals surface area contributed by atoms with Crippen LogP contribution >= 0.6 is 11.6 Å². The molecule has 1 aromatic rings. The molecule has 0 bridgehead atoms. The highest BCUT2D eigenvalue weighted by atomic mass is 35.5. The van der Waals surface area contributed by atoms with E-state index in [1.54, 1.807) is 0 Å². The Morgan fingerprint density at radius 2 is 1.89 bits per heavy atom. The molecular formula is C11H10ClF3O3. The van der Waals surface area contributed by atoms with Crippen LogP contribution in [0, 0.1) is 0 Å². The average molecular weight is 283 g/mol. The van der Waals surface area contributed by atoms with Gasteiger partial charge in [0, 0.05) is 5.02 Å². The molecule has 0 amide bonds. The molecular weight excluding hydrogens is 273 g/mol. The largest absolute Gasteiger partial charge is 0.478 e. The van der Waals surface area contributed by atoms with Gasteiger partial charge in [0.2, 0.25) is 0 Å². The lowest BCUT2D eigenvalue weighted by Crippen LogP contribution is -2.38. The van der Waals surface area contributed by atoms with E-state index < -0.39 is 29.1 Å². The van der Waals surface area contributed by atoms with Crippen molar-refractivity contribution in [2.24, 2.45) is 0 Å². The molecule has 0 heterocycles. The van der Waals surface area contributed by atoms with Crippen molar-refractivity contribution >= 4 is 17.6 Å². The van der Waals surface area contributed by atoms with Crippen LogP contribution in [-0.2, 0) is 11.0 Å². The summed E-state index contributed by atoms with van der Waals surface area (Å²) < 4.78 is 43.1. The van der Waals surface area contributed by atoms with E-state index in [2.05, 4.69) is 0 Å². The highest BCUT2D eigenvalue weighted by molar-refractivity contribution is 6.30. The van der Waals surface area contributed by atoms with Crippen LogP contribution < -0.4 is 4.74 Å². The fraction of sp³-hybridized carbons (Fsp3) is 0.364. The van der Waals surface area contributed by atoms with Gasteiger partial charge >= 0.3 is 12.1 Å². The normalized spacial score (nSPS) is 12.3. The first-order valence-electron chi connectivity index (χ1n) is 4.83. The molecule has 0 aliphatic carbocycles. The van der Waals surface area contributed by atoms with Crippen LogP contribution in [-0.4, -0.2) is 16.7 Å². The van der Waals surface area contributed by atoms with Gasteiger partial charge in [0.1, 0.15) is 5.75 Å². The quantitative estimate of drug-likeness (QED) is 0.921. The zero-order valence-electron chi connectivity index (χ0n) is 9.51. The van der Waals surface area contributed by atoms with Gasteiger partial charge in [0.15, 0.2) is 5.60 Å². The highest BCUT2D eigenvalue weighted by Gasteiger charge is 2.38. The zero-order valence-corrected chi connectivity index (χ0v) is 10.3. The first-order valence-corrected chi connectivity index (χ1v) is 5.21. The Morgan fingerprint density at radius 1 is 1.33 bits per heavy atom. The summed E-state index contributed by atoms with van der Waals surface area (Å²) in [5.41, 5.74) is -2.88. The lowest BCUT2D eigenvalue weighted by atomic mass is 10.1. The number of rotatable bonds is 3. The molecule has 0 saturated carbocycles. The Morgan fingerprint density at radius 3 is 2.33 bits per heavy atom. The fourth-order valence-corrected chi connectivity index (χ4v) is 1.30. The molecule has 0 fully saturated rings. The topological polar surface area (TPSA) is 46.5 Å². The molecule has 0 unspecified atom stereocenters. The zero-order chi connectivity index (χ0) is 14.1. The number of hydrogen-bond acceptors (Lipinski definition) is 2. The summed E-state index contributed by atoms with van der Waals surface area (Å²) in [6.07, 6.45) is -4.67. The average Bonchev–Trinajstić information content (AvgIpc) is 2.18. The monoisotopic (exact) mass is 282 g/mol. The van der Waals surface area contributed by atoms with Crippen molar-refractivity contribution in [3.63, 3.8) is 0 Å². The van der Waals surface area contributed by atoms with Gasteiger partial charge in [-0.05, 0) is 32.0 Å². The first kappa shape index (κ1) is 14.6. The smallest absolute Gasteiger partial charge is 0.420 e. The molecule has 0 saturated heterocycles. The Balaban J connectivity index is 3.22. The maximum absolute atomic E-state index is 12.7. The molecule has 0 radical (unpaired) electrons. The molecule has 1 N–H and O–H groups in total. The molecule has 0 aliphatic heterocycles. The van der Waals surface area contributed by atoms with Crippen LogP contribution in [0.15, 0.2) is 18.2 Å². The fourth-order valence-electron chi connectivity index (χ4n) is 1.13. The minimum atomic E-state index is -4.67. The predicted octanol–water partition coefficient (Wildman–Crippen LogP) is 3.60. The summed E-state index contributed by atoms with van der Waals surface area (Å²) in [5, 5.41) is 8.71. The van der Waals surface area contributed by atoms with Crippen molar-refractivity contribution in [3.05, 3.63) is 28.8 Å². The second kappa shape index (κ2) is 4.68. The van der Waals surface area contributed by atoms with Crippen LogP contribution in [0.25, 0.3) is 0 Å². The van der Waals surface area contributed by atoms with Gasteiger partial charge in [-0.15, -0.1) is 0 Å². The second-order valence-electron chi connectivity index (χ2n) is 4.06. The summed E-state index contributed by atoms with van der Waals surface area (Å²) >= 11 is 5.48. The van der Waals surface area contributed by atoms with E-state index in [0.717, 1.165) is 19.9 Å². The maximum Gasteiger partial charge on any atom is 0.420 e. The first-order chi connectivity index (χ1) is 8.04. The van der Waals surface area contributed by atoms with Gasteiger partial charge in [-0.1, -0.05) is 11.6 Å². The van der Waals surface area contributed by atoms with Crippen molar-refractivity contribution in [1.29, 1.82) is 0 Å². The number of carboxylic acids is 1. The van der Waals surface area contributed by atoms with Gasteiger partial charge < -0.3 is 9.84 Å². The minimum Gasteiger partial charge on any atom is -0.478 e. The van der Waals surface area contributed by atoms with Crippen LogP contribution in [0.3, 0.4) is 0 Å². The van der Waals surface area contributed by atoms with Gasteiger partial charge in [-0.2, -0.15) is 13.2 Å². The van der Waals surface area contributed by atoms with Crippen molar-refractivity contribution in [3.8, 4) is 5.75 Å². The number of hydrogen-bond donors (Lipinski definition) is 1. The summed E-state index contributed by atoms with van der Waals surface area (Å²) in [5.74, 6) is -1.94. The van der Waals surface area contributed by atoms with E-state index in [-0.39, 0.29) is 5.02 Å². The molecule has 0 aromatic heterocycles. The lowest BCUT2D eigenvalue weighted by molar-refractivity contribution is -0.155. The van der Waals surface area contributed by atoms with E-state index in [4.69, 9.17) is 21.4 Å². The van der Waals surface area contributed by atoms with Crippen molar-refractivity contribution in [2.45, 2.75) is 25.6 Å². The Kier molecular flexibility index (Phi) is 3.81. The van der Waals surface area contributed by atoms with Gasteiger partial charge in [-0.3, -0.25) is 0 Å². The van der Waals surface area contributed by atoms with Crippen LogP contribution in [0.4, 0.5) is 13.2 Å². The Hall–Kier alpha value is -1.43. The van der Waals surface area contributed by atoms with Crippen molar-refractivity contribution in [2.75, 3.05) is 0 Å². The Bertz CT molecular complexity index is 469. The SMILES string of the molecule is CC(C)(Oc1ccc(Cl)cc1C(F)(F)F)C(=O)O. The van der Waals surface area contributed by atoms with E-state index in [9.17, 15) is 18.0 Å². The number of alkyl halides is 3. The summed E-state index contributed by atoms with van der Waals surface area (Å²) in [6, 6.07) is 2.88. The molecule has 0 atom stereocenters. The summed E-state index contributed by atoms with van der Waals surface area (Å²) in [4.78, 5) is 10.8. The minimum absolute atomic E-state index is 0.109. The van der Waals surface area contributed by atoms with E-state index in [1.807, 2.05) is 0 Å². The van der Waals surface area contributed by atoms with E-state index in [1.165, 1.54) is 6.07 Å². The number of carbonyl (C=O) groups is 1. The summed E-state index contributed by atoms with van der Waals surface area (Å²) in [6.45, 7) is 2.31. The lowest BCUT2D eigenvalue weighted by Gasteiger charge is -2.24. The molecule has 7 heteroatoms. The number of aliphatic carboxylic acids is 1. The standard InChI is InChI=1S/C11H10ClF3O3/c1-10(2,9(16)17)18-8-4-3-6(12)5-7(8)11(13,14)15/h3-5H,1-2H3,(H,16,17). The second-order valence-corrected chi connectivity index (χ2v) is 4.49. The number of halogens is 4. The molecule has 0 aliphatic rings. The molecule has 100 valence electrons. The van der Waals surface area contributed by atoms with Crippen LogP contribution in [0.2, 0.25) is 5.02 Å². The third-order valence-electron chi connectivity index (χ3n) is 2.13. The predicted molar refractivity (Wildman–Crippen MR) is 58.8 cm³/mol. The van der Waals surface area contributed by atoms with Gasteiger partial charge in [0.05, 0.1) is 5.56 Å². The molecule has 1 rings (SSSR count). The number of ether oxygens (including phenoxy) is 1. The Labute approximate surface area is 106 Å².